The number of hydrazine groups is 1. The predicted molar refractivity (Wildman–Crippen MR) is 127 cm³/mol. The number of fused-ring (bicyclic) bond motifs is 3. The predicted octanol–water partition coefficient (Wildman–Crippen LogP) is 4.77. The van der Waals surface area contributed by atoms with Crippen molar-refractivity contribution in [1.29, 1.82) is 0 Å². The zero-order chi connectivity index (χ0) is 25.6. The van der Waals surface area contributed by atoms with Gasteiger partial charge in [-0.1, -0.05) is 42.5 Å². The molecule has 2 atom stereocenters. The van der Waals surface area contributed by atoms with Gasteiger partial charge in [-0.25, -0.2) is 0 Å². The molecule has 3 aliphatic rings. The number of aryl methyl sites for hydroxylation is 2. The van der Waals surface area contributed by atoms with Gasteiger partial charge in [-0.3, -0.25) is 9.80 Å². The van der Waals surface area contributed by atoms with Gasteiger partial charge in [-0.2, -0.15) is 18.2 Å². The summed E-state index contributed by atoms with van der Waals surface area (Å²) in [5.74, 6) is -1.30. The molecule has 1 fully saturated rings. The SMILES string of the molecule is Cc1cccc2c1CCc1ccccc1C2N1CN([C@H](C)C(F)(F)F)C(=O)/C2=C(\O)COC/C=C\N21. The summed E-state index contributed by atoms with van der Waals surface area (Å²) in [6, 6.07) is 11.4. The molecule has 1 N–H and O–H groups in total. The van der Waals surface area contributed by atoms with Crippen LogP contribution in [0.2, 0.25) is 0 Å². The third-order valence-electron chi connectivity index (χ3n) is 7.21. The number of aliphatic hydroxyl groups is 1. The van der Waals surface area contributed by atoms with Crippen molar-refractivity contribution in [3.05, 3.63) is 94.0 Å². The quantitative estimate of drug-likeness (QED) is 0.646. The molecule has 6 nitrogen and oxygen atoms in total. The Balaban J connectivity index is 1.74. The molecule has 0 saturated carbocycles. The van der Waals surface area contributed by atoms with E-state index in [1.807, 2.05) is 49.4 Å². The van der Waals surface area contributed by atoms with Gasteiger partial charge < -0.3 is 14.7 Å². The molecule has 190 valence electrons. The van der Waals surface area contributed by atoms with Crippen molar-refractivity contribution >= 4 is 5.91 Å². The summed E-state index contributed by atoms with van der Waals surface area (Å²) < 4.78 is 47.0. The maximum absolute atomic E-state index is 13.9. The fraction of sp³-hybridized carbons (Fsp3) is 0.370. The second-order valence-corrected chi connectivity index (χ2v) is 9.36. The monoisotopic (exact) mass is 499 g/mol. The molecule has 0 bridgehead atoms. The smallest absolute Gasteiger partial charge is 0.408 e. The molecule has 2 heterocycles. The zero-order valence-electron chi connectivity index (χ0n) is 20.1. The Kier molecular flexibility index (Phi) is 6.30. The lowest BCUT2D eigenvalue weighted by Gasteiger charge is -2.49. The normalized spacial score (nSPS) is 24.7. The van der Waals surface area contributed by atoms with Crippen molar-refractivity contribution in [3.8, 4) is 0 Å². The van der Waals surface area contributed by atoms with Crippen molar-refractivity contribution in [3.63, 3.8) is 0 Å². The average molecular weight is 500 g/mol. The lowest BCUT2D eigenvalue weighted by Crippen LogP contribution is -2.62. The van der Waals surface area contributed by atoms with Crippen LogP contribution in [0.4, 0.5) is 13.2 Å². The molecule has 0 spiro atoms. The highest BCUT2D eigenvalue weighted by Gasteiger charge is 2.49. The summed E-state index contributed by atoms with van der Waals surface area (Å²) in [5, 5.41) is 14.1. The number of nitrogens with zero attached hydrogens (tertiary/aromatic N) is 3. The van der Waals surface area contributed by atoms with Gasteiger partial charge in [0, 0.05) is 6.20 Å². The molecule has 2 aromatic rings. The number of hydrogen-bond donors (Lipinski definition) is 1. The highest BCUT2D eigenvalue weighted by atomic mass is 19.4. The number of amides is 1. The van der Waals surface area contributed by atoms with Gasteiger partial charge in [0.2, 0.25) is 0 Å². The summed E-state index contributed by atoms with van der Waals surface area (Å²) >= 11 is 0. The summed E-state index contributed by atoms with van der Waals surface area (Å²) in [6.07, 6.45) is 0.236. The summed E-state index contributed by atoms with van der Waals surface area (Å²) in [5.41, 5.74) is 5.04. The topological polar surface area (TPSA) is 56.3 Å². The minimum Gasteiger partial charge on any atom is -0.507 e. The van der Waals surface area contributed by atoms with E-state index in [2.05, 4.69) is 0 Å². The van der Waals surface area contributed by atoms with E-state index >= 15 is 0 Å². The number of carbonyl (C=O) groups excluding carboxylic acids is 1. The van der Waals surface area contributed by atoms with Crippen LogP contribution in [0.5, 0.6) is 0 Å². The Morgan fingerprint density at radius 1 is 1.08 bits per heavy atom. The Bertz CT molecular complexity index is 1240. The lowest BCUT2D eigenvalue weighted by molar-refractivity contribution is -0.203. The summed E-state index contributed by atoms with van der Waals surface area (Å²) in [7, 11) is 0. The second-order valence-electron chi connectivity index (χ2n) is 9.36. The van der Waals surface area contributed by atoms with E-state index in [0.717, 1.165) is 52.5 Å². The highest BCUT2D eigenvalue weighted by molar-refractivity contribution is 5.94. The van der Waals surface area contributed by atoms with Gasteiger partial charge in [-0.15, -0.1) is 0 Å². The Morgan fingerprint density at radius 3 is 2.61 bits per heavy atom. The molecule has 0 radical (unpaired) electrons. The van der Waals surface area contributed by atoms with Crippen molar-refractivity contribution in [2.24, 2.45) is 0 Å². The lowest BCUT2D eigenvalue weighted by atomic mass is 9.92. The minimum atomic E-state index is -4.64. The maximum atomic E-state index is 13.9. The van der Waals surface area contributed by atoms with Gasteiger partial charge in [0.15, 0.2) is 5.70 Å². The molecule has 2 aromatic carbocycles. The molecule has 5 rings (SSSR count). The van der Waals surface area contributed by atoms with Crippen molar-refractivity contribution < 1.29 is 27.8 Å². The first-order valence-corrected chi connectivity index (χ1v) is 11.9. The summed E-state index contributed by atoms with van der Waals surface area (Å²) in [4.78, 5) is 14.2. The van der Waals surface area contributed by atoms with Crippen molar-refractivity contribution in [2.45, 2.75) is 44.9 Å². The highest BCUT2D eigenvalue weighted by Crippen LogP contribution is 2.42. The van der Waals surface area contributed by atoms with Crippen molar-refractivity contribution in [1.82, 2.24) is 14.9 Å². The van der Waals surface area contributed by atoms with E-state index in [4.69, 9.17) is 4.74 Å². The Hall–Kier alpha value is -3.30. The number of halogens is 3. The first kappa shape index (κ1) is 24.4. The number of ether oxygens (including phenoxy) is 1. The number of aliphatic hydroxyl groups excluding tert-OH is 1. The molecular formula is C27H28F3N3O3. The zero-order valence-corrected chi connectivity index (χ0v) is 20.1. The Morgan fingerprint density at radius 2 is 1.83 bits per heavy atom. The van der Waals surface area contributed by atoms with E-state index < -0.39 is 29.9 Å². The van der Waals surface area contributed by atoms with Gasteiger partial charge >= 0.3 is 6.18 Å². The van der Waals surface area contributed by atoms with Gasteiger partial charge in [0.1, 0.15) is 18.4 Å². The number of alkyl halides is 3. The van der Waals surface area contributed by atoms with Crippen LogP contribution in [-0.4, -0.2) is 58.0 Å². The van der Waals surface area contributed by atoms with Crippen LogP contribution in [0.1, 0.15) is 40.8 Å². The molecule has 1 aliphatic carbocycles. The standard InChI is InChI=1S/C27H28F3N3O3/c1-17-7-5-10-22-20(17)12-11-19-8-3-4-9-21(19)24(22)33-16-31(18(2)27(28,29)30)26(35)25-23(34)15-36-14-6-13-32(25)33/h3-10,13,18,24,34H,11-12,14-16H2,1-2H3/b13-6-,25-23+/t18-,24?/m1/s1. The van der Waals surface area contributed by atoms with Crippen LogP contribution in [-0.2, 0) is 22.4 Å². The molecular weight excluding hydrogens is 471 g/mol. The molecule has 1 unspecified atom stereocenters. The van der Waals surface area contributed by atoms with E-state index in [0.29, 0.717) is 0 Å². The maximum Gasteiger partial charge on any atom is 0.408 e. The van der Waals surface area contributed by atoms with Crippen LogP contribution >= 0.6 is 0 Å². The molecule has 0 aromatic heterocycles. The average Bonchev–Trinajstić information content (AvgIpc) is 2.99. The molecule has 1 amide bonds. The Labute approximate surface area is 207 Å². The van der Waals surface area contributed by atoms with E-state index in [1.165, 1.54) is 5.01 Å². The molecule has 36 heavy (non-hydrogen) atoms. The van der Waals surface area contributed by atoms with Crippen LogP contribution in [0, 0.1) is 6.92 Å². The van der Waals surface area contributed by atoms with E-state index in [-0.39, 0.29) is 25.6 Å². The second kappa shape index (κ2) is 9.29. The van der Waals surface area contributed by atoms with Gasteiger partial charge in [0.25, 0.3) is 5.91 Å². The van der Waals surface area contributed by atoms with E-state index in [9.17, 15) is 23.1 Å². The molecule has 1 saturated heterocycles. The third kappa shape index (κ3) is 4.16. The molecule has 2 aliphatic heterocycles. The minimum absolute atomic E-state index is 0.190. The number of benzene rings is 2. The largest absolute Gasteiger partial charge is 0.507 e. The van der Waals surface area contributed by atoms with Crippen LogP contribution < -0.4 is 0 Å². The first-order valence-electron chi connectivity index (χ1n) is 11.9. The van der Waals surface area contributed by atoms with Crippen LogP contribution in [0.3, 0.4) is 0 Å². The van der Waals surface area contributed by atoms with Gasteiger partial charge in [-0.05, 0) is 60.6 Å². The van der Waals surface area contributed by atoms with E-state index in [1.54, 1.807) is 17.3 Å². The number of rotatable bonds is 2. The van der Waals surface area contributed by atoms with Gasteiger partial charge in [0.05, 0.1) is 19.3 Å². The third-order valence-corrected chi connectivity index (χ3v) is 7.21. The van der Waals surface area contributed by atoms with Crippen LogP contribution in [0.15, 0.2) is 66.2 Å². The number of hydrogen-bond acceptors (Lipinski definition) is 5. The number of carbonyl (C=O) groups is 1. The fourth-order valence-corrected chi connectivity index (χ4v) is 5.28. The van der Waals surface area contributed by atoms with Crippen molar-refractivity contribution in [2.75, 3.05) is 19.9 Å². The first-order chi connectivity index (χ1) is 17.2. The van der Waals surface area contributed by atoms with Crippen LogP contribution in [0.25, 0.3) is 0 Å². The fourth-order valence-electron chi connectivity index (χ4n) is 5.28. The summed E-state index contributed by atoms with van der Waals surface area (Å²) in [6.45, 7) is 2.61. The molecule has 9 heteroatoms.